The molecule has 7 rings (SSSR count). The van der Waals surface area contributed by atoms with Crippen LogP contribution in [-0.4, -0.2) is 69.9 Å². The Kier molecular flexibility index (Phi) is 6.51. The minimum atomic E-state index is -0.617. The number of halogens is 2. The maximum absolute atomic E-state index is 16.4. The molecule has 0 bridgehead atoms. The summed E-state index contributed by atoms with van der Waals surface area (Å²) in [5.74, 6) is -0.206. The van der Waals surface area contributed by atoms with Gasteiger partial charge in [-0.05, 0) is 69.0 Å². The van der Waals surface area contributed by atoms with Gasteiger partial charge >= 0.3 is 6.01 Å². The molecule has 0 atom stereocenters. The van der Waals surface area contributed by atoms with Gasteiger partial charge in [0.25, 0.3) is 0 Å². The smallest absolute Gasteiger partial charge is 0.319 e. The molecule has 3 saturated heterocycles. The van der Waals surface area contributed by atoms with Crippen LogP contribution in [0, 0.1) is 17.6 Å². The van der Waals surface area contributed by atoms with Crippen molar-refractivity contribution >= 4 is 27.5 Å². The van der Waals surface area contributed by atoms with Gasteiger partial charge in [-0.15, -0.1) is 0 Å². The van der Waals surface area contributed by atoms with Gasteiger partial charge in [0.2, 0.25) is 0 Å². The lowest BCUT2D eigenvalue weighted by atomic mass is 9.95. The van der Waals surface area contributed by atoms with Crippen molar-refractivity contribution in [3.05, 3.63) is 54.2 Å². The van der Waals surface area contributed by atoms with Crippen LogP contribution in [0.2, 0.25) is 0 Å². The normalized spacial score (nSPS) is 19.5. The molecule has 5 heterocycles. The first-order valence-corrected chi connectivity index (χ1v) is 14.3. The van der Waals surface area contributed by atoms with Crippen LogP contribution in [0.4, 0.5) is 14.6 Å². The lowest BCUT2D eigenvalue weighted by Crippen LogP contribution is -2.43. The highest BCUT2D eigenvalue weighted by Crippen LogP contribution is 2.40. The number of aliphatic hydroxyl groups excluding tert-OH is 1. The van der Waals surface area contributed by atoms with E-state index in [1.807, 2.05) is 0 Å². The Morgan fingerprint density at radius 3 is 2.48 bits per heavy atom. The van der Waals surface area contributed by atoms with Crippen molar-refractivity contribution in [1.82, 2.24) is 19.9 Å². The van der Waals surface area contributed by atoms with Crippen molar-refractivity contribution in [1.29, 1.82) is 0 Å². The molecular formula is C31H33F2N5O2. The Labute approximate surface area is 231 Å². The van der Waals surface area contributed by atoms with Gasteiger partial charge in [0.1, 0.15) is 29.5 Å². The van der Waals surface area contributed by atoms with Crippen LogP contribution in [-0.2, 0) is 0 Å². The van der Waals surface area contributed by atoms with E-state index in [9.17, 15) is 9.50 Å². The Morgan fingerprint density at radius 2 is 1.73 bits per heavy atom. The molecule has 0 unspecified atom stereocenters. The summed E-state index contributed by atoms with van der Waals surface area (Å²) in [7, 11) is 0. The van der Waals surface area contributed by atoms with Gasteiger partial charge in [0, 0.05) is 36.8 Å². The van der Waals surface area contributed by atoms with Gasteiger partial charge in [-0.25, -0.2) is 8.78 Å². The highest BCUT2D eigenvalue weighted by molar-refractivity contribution is 5.99. The van der Waals surface area contributed by atoms with Crippen molar-refractivity contribution in [2.45, 2.75) is 44.1 Å². The Bertz CT molecular complexity index is 1560. The number of hydrogen-bond acceptors (Lipinski definition) is 7. The first-order valence-electron chi connectivity index (χ1n) is 14.3. The van der Waals surface area contributed by atoms with E-state index in [2.05, 4.69) is 19.8 Å². The fourth-order valence-corrected chi connectivity index (χ4v) is 6.99. The molecule has 0 radical (unpaired) electrons. The Balaban J connectivity index is 1.33. The second kappa shape index (κ2) is 10.2. The van der Waals surface area contributed by atoms with Gasteiger partial charge in [-0.3, -0.25) is 9.88 Å². The number of hydrogen-bond donors (Lipinski definition) is 1. The minimum Gasteiger partial charge on any atom is -0.461 e. The zero-order valence-corrected chi connectivity index (χ0v) is 22.5. The van der Waals surface area contributed by atoms with E-state index in [4.69, 9.17) is 9.72 Å². The second-order valence-corrected chi connectivity index (χ2v) is 11.5. The number of aliphatic hydroxyl groups is 1. The summed E-state index contributed by atoms with van der Waals surface area (Å²) in [6, 6.07) is 10.2. The van der Waals surface area contributed by atoms with E-state index in [0.717, 1.165) is 51.6 Å². The van der Waals surface area contributed by atoms with Crippen molar-refractivity contribution in [3.8, 4) is 17.3 Å². The van der Waals surface area contributed by atoms with Crippen molar-refractivity contribution in [3.63, 3.8) is 0 Å². The maximum atomic E-state index is 16.4. The molecule has 3 fully saturated rings. The summed E-state index contributed by atoms with van der Waals surface area (Å²) in [6.07, 6.45) is 7.70. The summed E-state index contributed by atoms with van der Waals surface area (Å²) >= 11 is 0. The van der Waals surface area contributed by atoms with Gasteiger partial charge in [0.15, 0.2) is 5.82 Å². The quantitative estimate of drug-likeness (QED) is 0.351. The topological polar surface area (TPSA) is 74.6 Å². The predicted octanol–water partition coefficient (Wildman–Crippen LogP) is 5.34. The summed E-state index contributed by atoms with van der Waals surface area (Å²) in [5.41, 5.74) is 0.553. The standard InChI is InChI=1S/C31H33F2N5O2/c32-24-8-2-6-21-5-1-7-22(25(21)24)27-26(33)28-23(17-34-27)29(37-15-9-20(18-39)10-16-37)36-30(35-28)40-19-31-11-3-13-38(31)14-4-12-31/h1-2,5-8,17,20,39H,3-4,9-16,18-19H2. The second-order valence-electron chi connectivity index (χ2n) is 11.5. The fourth-order valence-electron chi connectivity index (χ4n) is 6.99. The first-order chi connectivity index (χ1) is 19.6. The summed E-state index contributed by atoms with van der Waals surface area (Å²) in [4.78, 5) is 18.5. The number of piperidine rings is 1. The molecule has 0 amide bonds. The van der Waals surface area contributed by atoms with E-state index in [1.165, 1.54) is 6.07 Å². The number of fused-ring (bicyclic) bond motifs is 3. The number of anilines is 1. The monoisotopic (exact) mass is 545 g/mol. The molecule has 7 nitrogen and oxygen atoms in total. The Hall–Kier alpha value is -3.43. The average molecular weight is 546 g/mol. The third-order valence-corrected chi connectivity index (χ3v) is 9.21. The minimum absolute atomic E-state index is 0.000378. The van der Waals surface area contributed by atoms with Gasteiger partial charge in [-0.1, -0.05) is 30.3 Å². The molecule has 0 spiro atoms. The van der Waals surface area contributed by atoms with E-state index in [-0.39, 0.29) is 35.3 Å². The largest absolute Gasteiger partial charge is 0.461 e. The molecule has 2 aromatic carbocycles. The van der Waals surface area contributed by atoms with Gasteiger partial charge in [-0.2, -0.15) is 9.97 Å². The van der Waals surface area contributed by atoms with Crippen LogP contribution in [0.25, 0.3) is 32.9 Å². The van der Waals surface area contributed by atoms with Crippen LogP contribution >= 0.6 is 0 Å². The third-order valence-electron chi connectivity index (χ3n) is 9.21. The van der Waals surface area contributed by atoms with E-state index < -0.39 is 11.6 Å². The van der Waals surface area contributed by atoms with Crippen LogP contribution in [0.1, 0.15) is 38.5 Å². The van der Waals surface area contributed by atoms with E-state index in [1.54, 1.807) is 36.5 Å². The number of benzene rings is 2. The van der Waals surface area contributed by atoms with Crippen LogP contribution in [0.3, 0.4) is 0 Å². The van der Waals surface area contributed by atoms with Crippen molar-refractivity contribution < 1.29 is 18.6 Å². The highest BCUT2D eigenvalue weighted by atomic mass is 19.1. The lowest BCUT2D eigenvalue weighted by Gasteiger charge is -2.33. The summed E-state index contributed by atoms with van der Waals surface area (Å²) in [6.45, 7) is 4.17. The number of aromatic nitrogens is 3. The third kappa shape index (κ3) is 4.27. The fraction of sp³-hybridized carbons (Fsp3) is 0.452. The number of rotatable bonds is 6. The van der Waals surface area contributed by atoms with Crippen LogP contribution in [0.15, 0.2) is 42.6 Å². The van der Waals surface area contributed by atoms with Crippen molar-refractivity contribution in [2.75, 3.05) is 44.3 Å². The molecule has 208 valence electrons. The zero-order valence-electron chi connectivity index (χ0n) is 22.5. The van der Waals surface area contributed by atoms with E-state index in [0.29, 0.717) is 47.2 Å². The number of nitrogens with zero attached hydrogens (tertiary/aromatic N) is 5. The predicted molar refractivity (Wildman–Crippen MR) is 150 cm³/mol. The van der Waals surface area contributed by atoms with Crippen LogP contribution < -0.4 is 9.64 Å². The zero-order chi connectivity index (χ0) is 27.3. The van der Waals surface area contributed by atoms with Gasteiger partial charge < -0.3 is 14.7 Å². The molecule has 9 heteroatoms. The Morgan fingerprint density at radius 1 is 0.975 bits per heavy atom. The molecule has 2 aromatic heterocycles. The molecule has 0 aliphatic carbocycles. The van der Waals surface area contributed by atoms with E-state index >= 15 is 4.39 Å². The summed E-state index contributed by atoms with van der Waals surface area (Å²) in [5, 5.41) is 11.1. The average Bonchev–Trinajstić information content (AvgIpc) is 3.57. The molecule has 3 aliphatic rings. The highest BCUT2D eigenvalue weighted by Gasteiger charge is 2.45. The SMILES string of the molecule is OCC1CCN(c2nc(OCC34CCCN3CCC4)nc3c(F)c(-c4cccc5cccc(F)c45)ncc23)CC1. The first kappa shape index (κ1) is 25.5. The molecule has 40 heavy (non-hydrogen) atoms. The number of ether oxygens (including phenoxy) is 1. The lowest BCUT2D eigenvalue weighted by molar-refractivity contribution is 0.108. The molecule has 0 saturated carbocycles. The summed E-state index contributed by atoms with van der Waals surface area (Å²) < 4.78 is 37.7. The molecule has 3 aliphatic heterocycles. The molecule has 4 aromatic rings. The van der Waals surface area contributed by atoms with Gasteiger partial charge in [0.05, 0.1) is 10.9 Å². The van der Waals surface area contributed by atoms with Crippen molar-refractivity contribution in [2.24, 2.45) is 5.92 Å². The maximum Gasteiger partial charge on any atom is 0.319 e. The molecule has 1 N–H and O–H groups in total. The number of pyridine rings is 1. The van der Waals surface area contributed by atoms with Crippen LogP contribution in [0.5, 0.6) is 6.01 Å². The molecular weight excluding hydrogens is 512 g/mol.